The van der Waals surface area contributed by atoms with E-state index in [1.807, 2.05) is 19.2 Å². The molecule has 0 spiro atoms. The maximum Gasteiger partial charge on any atom is 0.231 e. The quantitative estimate of drug-likeness (QED) is 0.847. The van der Waals surface area contributed by atoms with Crippen LogP contribution in [0.4, 0.5) is 0 Å². The predicted molar refractivity (Wildman–Crippen MR) is 62.5 cm³/mol. The smallest absolute Gasteiger partial charge is 0.231 e. The van der Waals surface area contributed by atoms with Crippen molar-refractivity contribution in [3.63, 3.8) is 0 Å². The van der Waals surface area contributed by atoms with Gasteiger partial charge in [-0.25, -0.2) is 0 Å². The Balaban J connectivity index is 1.92. The highest BCUT2D eigenvalue weighted by molar-refractivity contribution is 5.57. The van der Waals surface area contributed by atoms with Crippen LogP contribution in [0.5, 0.6) is 0 Å². The molecular formula is C12H14N4O. The summed E-state index contributed by atoms with van der Waals surface area (Å²) in [4.78, 5) is 8.54. The van der Waals surface area contributed by atoms with Crippen LogP contribution >= 0.6 is 0 Å². The Kier molecular flexibility index (Phi) is 2.60. The molecule has 1 N–H and O–H groups in total. The molecule has 0 radical (unpaired) electrons. The van der Waals surface area contributed by atoms with Gasteiger partial charge in [0.25, 0.3) is 0 Å². The van der Waals surface area contributed by atoms with E-state index < -0.39 is 0 Å². The molecule has 17 heavy (non-hydrogen) atoms. The summed E-state index contributed by atoms with van der Waals surface area (Å²) < 4.78 is 5.34. The Morgan fingerprint density at radius 3 is 3.18 bits per heavy atom. The molecule has 1 unspecified atom stereocenters. The van der Waals surface area contributed by atoms with Gasteiger partial charge in [-0.3, -0.25) is 4.98 Å². The van der Waals surface area contributed by atoms with Gasteiger partial charge in [0.2, 0.25) is 11.7 Å². The topological polar surface area (TPSA) is 63.8 Å². The number of pyridine rings is 1. The summed E-state index contributed by atoms with van der Waals surface area (Å²) in [6.07, 6.45) is 4.62. The van der Waals surface area contributed by atoms with Crippen molar-refractivity contribution in [1.82, 2.24) is 20.4 Å². The second kappa shape index (κ2) is 4.25. The number of aromatic nitrogens is 3. The van der Waals surface area contributed by atoms with Crippen LogP contribution in [-0.4, -0.2) is 28.2 Å². The molecule has 1 aliphatic heterocycles. The molecular weight excluding hydrogens is 216 g/mol. The lowest BCUT2D eigenvalue weighted by atomic mass is 10.1. The molecule has 2 aromatic heterocycles. The van der Waals surface area contributed by atoms with E-state index in [9.17, 15) is 0 Å². The molecule has 1 aliphatic rings. The normalized spacial score (nSPS) is 19.7. The van der Waals surface area contributed by atoms with E-state index in [1.165, 1.54) is 0 Å². The first-order valence-corrected chi connectivity index (χ1v) is 5.80. The maximum atomic E-state index is 5.34. The lowest BCUT2D eigenvalue weighted by molar-refractivity contribution is 0.359. The fraction of sp³-hybridized carbons (Fsp3) is 0.417. The Bertz CT molecular complexity index is 517. The van der Waals surface area contributed by atoms with Crippen molar-refractivity contribution in [2.24, 2.45) is 0 Å². The standard InChI is InChI=1S/C12H14N4O/c1-8-6-13-5-3-10(8)11-15-12(17-16-11)9-2-4-14-7-9/h3,5-6,9,14H,2,4,7H2,1H3. The molecule has 1 atom stereocenters. The monoisotopic (exact) mass is 230 g/mol. The molecule has 5 nitrogen and oxygen atoms in total. The second-order valence-electron chi connectivity index (χ2n) is 4.34. The molecule has 5 heteroatoms. The summed E-state index contributed by atoms with van der Waals surface area (Å²) in [6, 6.07) is 1.91. The fourth-order valence-electron chi connectivity index (χ4n) is 2.10. The van der Waals surface area contributed by atoms with Crippen molar-refractivity contribution in [3.8, 4) is 11.4 Å². The molecule has 1 fully saturated rings. The SMILES string of the molecule is Cc1cnccc1-c1noc(C2CCNC2)n1. The van der Waals surface area contributed by atoms with Gasteiger partial charge in [0, 0.05) is 24.5 Å². The molecule has 0 amide bonds. The average Bonchev–Trinajstić information content (AvgIpc) is 3.00. The number of nitrogens with one attached hydrogen (secondary N) is 1. The summed E-state index contributed by atoms with van der Waals surface area (Å²) in [6.45, 7) is 3.95. The van der Waals surface area contributed by atoms with Crippen LogP contribution in [0.3, 0.4) is 0 Å². The highest BCUT2D eigenvalue weighted by Gasteiger charge is 2.23. The zero-order chi connectivity index (χ0) is 11.7. The zero-order valence-corrected chi connectivity index (χ0v) is 9.68. The highest BCUT2D eigenvalue weighted by Crippen LogP contribution is 2.24. The largest absolute Gasteiger partial charge is 0.339 e. The van der Waals surface area contributed by atoms with Crippen LogP contribution in [0.2, 0.25) is 0 Å². The van der Waals surface area contributed by atoms with E-state index >= 15 is 0 Å². The summed E-state index contributed by atoms with van der Waals surface area (Å²) in [7, 11) is 0. The lowest BCUT2D eigenvalue weighted by Crippen LogP contribution is -2.08. The Morgan fingerprint density at radius 2 is 2.41 bits per heavy atom. The van der Waals surface area contributed by atoms with E-state index in [0.29, 0.717) is 11.7 Å². The molecule has 3 heterocycles. The van der Waals surface area contributed by atoms with Gasteiger partial charge in [-0.2, -0.15) is 4.98 Å². The van der Waals surface area contributed by atoms with E-state index in [0.717, 1.165) is 36.5 Å². The van der Waals surface area contributed by atoms with Gasteiger partial charge in [0.05, 0.1) is 5.92 Å². The third-order valence-electron chi connectivity index (χ3n) is 3.11. The van der Waals surface area contributed by atoms with Gasteiger partial charge in [0.1, 0.15) is 0 Å². The van der Waals surface area contributed by atoms with Crippen LogP contribution in [0.25, 0.3) is 11.4 Å². The minimum Gasteiger partial charge on any atom is -0.339 e. The number of hydrogen-bond donors (Lipinski definition) is 1. The Morgan fingerprint density at radius 1 is 1.47 bits per heavy atom. The summed E-state index contributed by atoms with van der Waals surface area (Å²) >= 11 is 0. The van der Waals surface area contributed by atoms with Crippen molar-refractivity contribution in [2.45, 2.75) is 19.3 Å². The van der Waals surface area contributed by atoms with E-state index in [-0.39, 0.29) is 0 Å². The maximum absolute atomic E-state index is 5.34. The van der Waals surface area contributed by atoms with Crippen molar-refractivity contribution >= 4 is 0 Å². The Hall–Kier alpha value is -1.75. The summed E-state index contributed by atoms with van der Waals surface area (Å²) in [5.41, 5.74) is 2.05. The van der Waals surface area contributed by atoms with Crippen LogP contribution in [0, 0.1) is 6.92 Å². The van der Waals surface area contributed by atoms with E-state index in [4.69, 9.17) is 4.52 Å². The number of rotatable bonds is 2. The predicted octanol–water partition coefficient (Wildman–Crippen LogP) is 1.52. The first kappa shape index (κ1) is 10.4. The van der Waals surface area contributed by atoms with Crippen molar-refractivity contribution in [1.29, 1.82) is 0 Å². The summed E-state index contributed by atoms with van der Waals surface area (Å²) in [5.74, 6) is 1.76. The lowest BCUT2D eigenvalue weighted by Gasteiger charge is -1.99. The molecule has 0 aromatic carbocycles. The van der Waals surface area contributed by atoms with Gasteiger partial charge < -0.3 is 9.84 Å². The van der Waals surface area contributed by atoms with Gasteiger partial charge in [0.15, 0.2) is 0 Å². The number of hydrogen-bond acceptors (Lipinski definition) is 5. The molecule has 1 saturated heterocycles. The molecule has 88 valence electrons. The van der Waals surface area contributed by atoms with Crippen molar-refractivity contribution in [3.05, 3.63) is 29.9 Å². The first-order chi connectivity index (χ1) is 8.34. The minimum atomic E-state index is 0.360. The van der Waals surface area contributed by atoms with Gasteiger partial charge in [-0.05, 0) is 31.5 Å². The van der Waals surface area contributed by atoms with Crippen LogP contribution in [0.15, 0.2) is 23.0 Å². The van der Waals surface area contributed by atoms with Gasteiger partial charge in [-0.15, -0.1) is 0 Å². The zero-order valence-electron chi connectivity index (χ0n) is 9.68. The second-order valence-corrected chi connectivity index (χ2v) is 4.34. The minimum absolute atomic E-state index is 0.360. The average molecular weight is 230 g/mol. The van der Waals surface area contributed by atoms with E-state index in [1.54, 1.807) is 6.20 Å². The van der Waals surface area contributed by atoms with Crippen LogP contribution in [0.1, 0.15) is 23.8 Å². The molecule has 3 rings (SSSR count). The van der Waals surface area contributed by atoms with E-state index in [2.05, 4.69) is 20.4 Å². The van der Waals surface area contributed by atoms with Gasteiger partial charge in [-0.1, -0.05) is 5.16 Å². The Labute approximate surface area is 99.3 Å². The third kappa shape index (κ3) is 1.93. The number of aryl methyl sites for hydroxylation is 1. The van der Waals surface area contributed by atoms with Crippen LogP contribution < -0.4 is 5.32 Å². The summed E-state index contributed by atoms with van der Waals surface area (Å²) in [5, 5.41) is 7.34. The van der Waals surface area contributed by atoms with Crippen molar-refractivity contribution in [2.75, 3.05) is 13.1 Å². The van der Waals surface area contributed by atoms with Crippen LogP contribution in [-0.2, 0) is 0 Å². The molecule has 0 aliphatic carbocycles. The third-order valence-corrected chi connectivity index (χ3v) is 3.11. The van der Waals surface area contributed by atoms with Crippen molar-refractivity contribution < 1.29 is 4.52 Å². The number of nitrogens with zero attached hydrogens (tertiary/aromatic N) is 3. The van der Waals surface area contributed by atoms with Gasteiger partial charge >= 0.3 is 0 Å². The molecule has 2 aromatic rings. The highest BCUT2D eigenvalue weighted by atomic mass is 16.5. The molecule has 0 saturated carbocycles. The molecule has 0 bridgehead atoms. The fourth-order valence-corrected chi connectivity index (χ4v) is 2.10. The first-order valence-electron chi connectivity index (χ1n) is 5.80.